The predicted octanol–water partition coefficient (Wildman–Crippen LogP) is 2.28. The summed E-state index contributed by atoms with van der Waals surface area (Å²) in [6, 6.07) is 8.17. The Morgan fingerprint density at radius 3 is 3.00 bits per heavy atom. The van der Waals surface area contributed by atoms with Crippen LogP contribution in [0.25, 0.3) is 0 Å². The molecule has 6 nitrogen and oxygen atoms in total. The summed E-state index contributed by atoms with van der Waals surface area (Å²) in [6.45, 7) is 5.89. The van der Waals surface area contributed by atoms with Crippen molar-refractivity contribution in [2.75, 3.05) is 6.54 Å². The smallest absolute Gasteiger partial charge is 0.234 e. The van der Waals surface area contributed by atoms with Crippen LogP contribution in [0.5, 0.6) is 0 Å². The first-order chi connectivity index (χ1) is 12.1. The number of carbonyl (C=O) groups is 1. The van der Waals surface area contributed by atoms with Crippen LogP contribution in [0.1, 0.15) is 55.0 Å². The minimum atomic E-state index is -0.0102. The summed E-state index contributed by atoms with van der Waals surface area (Å²) in [7, 11) is 0. The predicted molar refractivity (Wildman–Crippen MR) is 97.0 cm³/mol. The molecular formula is C19H27N5O. The molecule has 1 aliphatic rings. The van der Waals surface area contributed by atoms with E-state index in [1.807, 2.05) is 19.1 Å². The number of nitrogens with one attached hydrogen (secondary N) is 2. The molecule has 25 heavy (non-hydrogen) atoms. The molecule has 0 saturated carbocycles. The van der Waals surface area contributed by atoms with Crippen molar-refractivity contribution in [3.05, 3.63) is 47.0 Å². The van der Waals surface area contributed by atoms with Crippen LogP contribution in [-0.4, -0.2) is 27.2 Å². The number of carbonyl (C=O) groups excluding carboxylic acids is 1. The summed E-state index contributed by atoms with van der Waals surface area (Å²) in [5.41, 5.74) is 2.31. The third kappa shape index (κ3) is 4.66. The Hall–Kier alpha value is -2.21. The number of hydrogen-bond donors (Lipinski definition) is 2. The Bertz CT molecular complexity index is 724. The van der Waals surface area contributed by atoms with E-state index in [-0.39, 0.29) is 18.5 Å². The van der Waals surface area contributed by atoms with E-state index in [1.165, 1.54) is 24.8 Å². The largest absolute Gasteiger partial charge is 0.351 e. The van der Waals surface area contributed by atoms with Crippen LogP contribution in [0.2, 0.25) is 0 Å². The third-order valence-corrected chi connectivity index (χ3v) is 4.67. The fourth-order valence-electron chi connectivity index (χ4n) is 3.25. The van der Waals surface area contributed by atoms with Gasteiger partial charge in [-0.1, -0.05) is 36.2 Å². The van der Waals surface area contributed by atoms with Crippen molar-refractivity contribution in [2.45, 2.75) is 58.7 Å². The highest BCUT2D eigenvalue weighted by Crippen LogP contribution is 2.18. The zero-order valence-corrected chi connectivity index (χ0v) is 15.1. The SMILES string of the molecule is Cc1cccc(CNC(=O)CN[C@H](C)c2nnc3n2CCCCC3)c1. The fraction of sp³-hybridized carbons (Fsp3) is 0.526. The van der Waals surface area contributed by atoms with Crippen LogP contribution >= 0.6 is 0 Å². The maximum Gasteiger partial charge on any atom is 0.234 e. The first-order valence-electron chi connectivity index (χ1n) is 9.11. The van der Waals surface area contributed by atoms with Crippen molar-refractivity contribution in [1.29, 1.82) is 0 Å². The van der Waals surface area contributed by atoms with Crippen LogP contribution in [0.15, 0.2) is 24.3 Å². The average molecular weight is 341 g/mol. The first kappa shape index (κ1) is 17.6. The average Bonchev–Trinajstić information content (AvgIpc) is 2.86. The molecule has 6 heteroatoms. The minimum absolute atomic E-state index is 0.00377. The van der Waals surface area contributed by atoms with Gasteiger partial charge in [-0.3, -0.25) is 10.1 Å². The van der Waals surface area contributed by atoms with Gasteiger partial charge in [0.05, 0.1) is 12.6 Å². The van der Waals surface area contributed by atoms with Gasteiger partial charge in [0.2, 0.25) is 5.91 Å². The summed E-state index contributed by atoms with van der Waals surface area (Å²) < 4.78 is 2.22. The molecule has 2 heterocycles. The minimum Gasteiger partial charge on any atom is -0.351 e. The number of benzene rings is 1. The maximum absolute atomic E-state index is 12.1. The fourth-order valence-corrected chi connectivity index (χ4v) is 3.25. The highest BCUT2D eigenvalue weighted by atomic mass is 16.1. The number of fused-ring (bicyclic) bond motifs is 1. The Kier molecular flexibility index (Phi) is 5.81. The summed E-state index contributed by atoms with van der Waals surface area (Å²) in [6.07, 6.45) is 4.59. The molecule has 134 valence electrons. The van der Waals surface area contributed by atoms with Gasteiger partial charge in [0.15, 0.2) is 0 Å². The van der Waals surface area contributed by atoms with Crippen LogP contribution in [-0.2, 0) is 24.3 Å². The van der Waals surface area contributed by atoms with Crippen molar-refractivity contribution >= 4 is 5.91 Å². The van der Waals surface area contributed by atoms with E-state index in [4.69, 9.17) is 0 Å². The third-order valence-electron chi connectivity index (χ3n) is 4.67. The van der Waals surface area contributed by atoms with E-state index in [0.717, 1.165) is 30.2 Å². The van der Waals surface area contributed by atoms with Gasteiger partial charge in [-0.2, -0.15) is 0 Å². The lowest BCUT2D eigenvalue weighted by atomic mass is 10.1. The molecule has 2 aromatic rings. The van der Waals surface area contributed by atoms with Gasteiger partial charge in [0.1, 0.15) is 11.6 Å². The molecule has 0 saturated heterocycles. The number of aromatic nitrogens is 3. The van der Waals surface area contributed by atoms with E-state index in [9.17, 15) is 4.79 Å². The van der Waals surface area contributed by atoms with Gasteiger partial charge >= 0.3 is 0 Å². The van der Waals surface area contributed by atoms with Crippen LogP contribution in [0.3, 0.4) is 0 Å². The van der Waals surface area contributed by atoms with E-state index >= 15 is 0 Å². The lowest BCUT2D eigenvalue weighted by Gasteiger charge is -2.15. The number of aryl methyl sites for hydroxylation is 2. The molecule has 0 spiro atoms. The van der Waals surface area contributed by atoms with Crippen molar-refractivity contribution in [1.82, 2.24) is 25.4 Å². The quantitative estimate of drug-likeness (QED) is 0.845. The monoisotopic (exact) mass is 341 g/mol. The van der Waals surface area contributed by atoms with Gasteiger partial charge in [0.25, 0.3) is 0 Å². The van der Waals surface area contributed by atoms with Crippen LogP contribution in [0.4, 0.5) is 0 Å². The zero-order chi connectivity index (χ0) is 17.6. The Labute approximate surface area is 149 Å². The second-order valence-electron chi connectivity index (χ2n) is 6.81. The molecule has 1 amide bonds. The van der Waals surface area contributed by atoms with Gasteiger partial charge in [-0.25, -0.2) is 0 Å². The number of hydrogen-bond acceptors (Lipinski definition) is 4. The Morgan fingerprint density at radius 2 is 2.16 bits per heavy atom. The summed E-state index contributed by atoms with van der Waals surface area (Å²) >= 11 is 0. The molecule has 1 atom stereocenters. The second-order valence-corrected chi connectivity index (χ2v) is 6.81. The standard InChI is InChI=1S/C19H27N5O/c1-14-7-6-8-16(11-14)12-21-18(25)13-20-15(2)19-23-22-17-9-4-3-5-10-24(17)19/h6-8,11,15,20H,3-5,9-10,12-13H2,1-2H3,(H,21,25)/t15-/m1/s1. The normalized spacial score (nSPS) is 15.3. The molecule has 0 aliphatic carbocycles. The van der Waals surface area contributed by atoms with Gasteiger partial charge < -0.3 is 9.88 Å². The topological polar surface area (TPSA) is 71.8 Å². The maximum atomic E-state index is 12.1. The molecule has 0 radical (unpaired) electrons. The lowest BCUT2D eigenvalue weighted by Crippen LogP contribution is -2.35. The molecule has 0 fully saturated rings. The summed E-state index contributed by atoms with van der Waals surface area (Å²) in [4.78, 5) is 12.1. The summed E-state index contributed by atoms with van der Waals surface area (Å²) in [5, 5.41) is 14.9. The number of amides is 1. The Morgan fingerprint density at radius 1 is 1.28 bits per heavy atom. The van der Waals surface area contributed by atoms with E-state index in [2.05, 4.69) is 44.5 Å². The first-order valence-corrected chi connectivity index (χ1v) is 9.11. The second kappa shape index (κ2) is 8.25. The van der Waals surface area contributed by atoms with Gasteiger partial charge in [-0.05, 0) is 32.3 Å². The molecule has 2 N–H and O–H groups in total. The Balaban J connectivity index is 1.49. The van der Waals surface area contributed by atoms with E-state index in [0.29, 0.717) is 6.54 Å². The highest BCUT2D eigenvalue weighted by Gasteiger charge is 2.19. The molecule has 1 aromatic heterocycles. The molecular weight excluding hydrogens is 314 g/mol. The van der Waals surface area contributed by atoms with Crippen molar-refractivity contribution in [2.24, 2.45) is 0 Å². The molecule has 1 aliphatic heterocycles. The molecule has 0 bridgehead atoms. The van der Waals surface area contributed by atoms with E-state index in [1.54, 1.807) is 0 Å². The number of rotatable bonds is 6. The zero-order valence-electron chi connectivity index (χ0n) is 15.1. The summed E-state index contributed by atoms with van der Waals surface area (Å²) in [5.74, 6) is 2.00. The lowest BCUT2D eigenvalue weighted by molar-refractivity contribution is -0.120. The number of nitrogens with zero attached hydrogens (tertiary/aromatic N) is 3. The van der Waals surface area contributed by atoms with Crippen molar-refractivity contribution in [3.63, 3.8) is 0 Å². The van der Waals surface area contributed by atoms with Gasteiger partial charge in [0, 0.05) is 19.5 Å². The molecule has 0 unspecified atom stereocenters. The highest BCUT2D eigenvalue weighted by molar-refractivity contribution is 5.78. The van der Waals surface area contributed by atoms with Crippen LogP contribution in [0, 0.1) is 6.92 Å². The van der Waals surface area contributed by atoms with Gasteiger partial charge in [-0.15, -0.1) is 10.2 Å². The van der Waals surface area contributed by atoms with E-state index < -0.39 is 0 Å². The van der Waals surface area contributed by atoms with Crippen LogP contribution < -0.4 is 10.6 Å². The van der Waals surface area contributed by atoms with Crippen molar-refractivity contribution in [3.8, 4) is 0 Å². The van der Waals surface area contributed by atoms with Crippen molar-refractivity contribution < 1.29 is 4.79 Å². The molecule has 3 rings (SSSR count). The molecule has 1 aromatic carbocycles.